The van der Waals surface area contributed by atoms with Gasteiger partial charge in [0.25, 0.3) is 0 Å². The molecule has 0 bridgehead atoms. The van der Waals surface area contributed by atoms with Crippen LogP contribution in [0, 0.1) is 5.92 Å². The molecule has 0 saturated carbocycles. The molecule has 1 amide bonds. The molecular weight excluding hydrogens is 228 g/mol. The fraction of sp³-hybridized carbons (Fsp3) is 0.857. The Balaban J connectivity index is 2.42. The first-order chi connectivity index (χ1) is 8.45. The third-order valence-corrected chi connectivity index (χ3v) is 4.04. The summed E-state index contributed by atoms with van der Waals surface area (Å²) in [6, 6.07) is 0.587. The van der Waals surface area contributed by atoms with Gasteiger partial charge in [-0.25, -0.2) is 0 Å². The Hall–Kier alpha value is -0.900. The minimum absolute atomic E-state index is 0.0935. The van der Waals surface area contributed by atoms with E-state index in [1.807, 2.05) is 11.8 Å². The highest BCUT2D eigenvalue weighted by Gasteiger charge is 2.26. The molecule has 4 nitrogen and oxygen atoms in total. The van der Waals surface area contributed by atoms with Crippen LogP contribution in [0.4, 0.5) is 0 Å². The van der Waals surface area contributed by atoms with Crippen LogP contribution in [0.1, 0.15) is 39.5 Å². The lowest BCUT2D eigenvalue weighted by molar-refractivity contribution is -0.136. The normalized spacial score (nSPS) is 19.1. The summed E-state index contributed by atoms with van der Waals surface area (Å²) in [5.41, 5.74) is 0. The maximum atomic E-state index is 12.1. The van der Waals surface area contributed by atoms with Gasteiger partial charge in [-0.2, -0.15) is 0 Å². The van der Waals surface area contributed by atoms with Crippen molar-refractivity contribution in [3.63, 3.8) is 0 Å². The van der Waals surface area contributed by atoms with Crippen LogP contribution in [0.25, 0.3) is 0 Å². The molecule has 0 aromatic rings. The fourth-order valence-corrected chi connectivity index (χ4v) is 2.55. The summed E-state index contributed by atoms with van der Waals surface area (Å²) in [7, 11) is 4.18. The monoisotopic (exact) mass is 254 g/mol. The predicted octanol–water partition coefficient (Wildman–Crippen LogP) is 1.54. The lowest BCUT2D eigenvalue weighted by Crippen LogP contribution is -2.45. The van der Waals surface area contributed by atoms with Crippen molar-refractivity contribution in [3.05, 3.63) is 0 Å². The Morgan fingerprint density at radius 2 is 1.83 bits per heavy atom. The Morgan fingerprint density at radius 3 is 2.22 bits per heavy atom. The summed E-state index contributed by atoms with van der Waals surface area (Å²) in [5.74, 6) is 0.187. The van der Waals surface area contributed by atoms with Gasteiger partial charge >= 0.3 is 0 Å². The van der Waals surface area contributed by atoms with E-state index in [9.17, 15) is 9.59 Å². The zero-order valence-electron chi connectivity index (χ0n) is 12.1. The molecule has 0 spiro atoms. The second-order valence-corrected chi connectivity index (χ2v) is 5.50. The standard InChI is InChI=1S/C14H26N2O2/c1-5-12(11(2)17)10-14(18)16-8-6-13(7-9-16)15(3)4/h12-13H,5-10H2,1-4H3/t12-/m0/s1. The summed E-state index contributed by atoms with van der Waals surface area (Å²) >= 11 is 0. The van der Waals surface area contributed by atoms with Crippen LogP contribution in [-0.4, -0.2) is 54.7 Å². The number of Topliss-reactive ketones (excluding diaryl/α,β-unsaturated/α-hetero) is 1. The molecule has 4 heteroatoms. The number of likely N-dealkylation sites (tertiary alicyclic amines) is 1. The molecule has 1 fully saturated rings. The lowest BCUT2D eigenvalue weighted by atomic mass is 9.96. The van der Waals surface area contributed by atoms with Crippen LogP contribution < -0.4 is 0 Å². The minimum atomic E-state index is -0.0935. The molecule has 104 valence electrons. The Kier molecular flexibility index (Phi) is 5.79. The second-order valence-electron chi connectivity index (χ2n) is 5.50. The van der Waals surface area contributed by atoms with Crippen LogP contribution >= 0.6 is 0 Å². The number of ketones is 1. The molecular formula is C14H26N2O2. The van der Waals surface area contributed by atoms with Gasteiger partial charge in [-0.15, -0.1) is 0 Å². The molecule has 0 aliphatic carbocycles. The molecule has 1 aliphatic rings. The van der Waals surface area contributed by atoms with E-state index < -0.39 is 0 Å². The minimum Gasteiger partial charge on any atom is -0.343 e. The van der Waals surface area contributed by atoms with E-state index >= 15 is 0 Å². The van der Waals surface area contributed by atoms with E-state index in [4.69, 9.17) is 0 Å². The van der Waals surface area contributed by atoms with E-state index in [2.05, 4.69) is 19.0 Å². The quantitative estimate of drug-likeness (QED) is 0.747. The number of hydrogen-bond donors (Lipinski definition) is 0. The topological polar surface area (TPSA) is 40.6 Å². The first kappa shape index (κ1) is 15.2. The first-order valence-electron chi connectivity index (χ1n) is 6.90. The molecule has 0 N–H and O–H groups in total. The van der Waals surface area contributed by atoms with Crippen molar-refractivity contribution in [1.29, 1.82) is 0 Å². The molecule has 0 aromatic heterocycles. The number of rotatable bonds is 5. The molecule has 1 rings (SSSR count). The van der Waals surface area contributed by atoms with Gasteiger partial charge in [-0.1, -0.05) is 6.92 Å². The molecule has 1 atom stereocenters. The number of piperidine rings is 1. The van der Waals surface area contributed by atoms with Gasteiger partial charge in [0.1, 0.15) is 5.78 Å². The molecule has 0 radical (unpaired) electrons. The van der Waals surface area contributed by atoms with Crippen molar-refractivity contribution < 1.29 is 9.59 Å². The van der Waals surface area contributed by atoms with Crippen LogP contribution in [0.15, 0.2) is 0 Å². The summed E-state index contributed by atoms with van der Waals surface area (Å²) < 4.78 is 0. The molecule has 18 heavy (non-hydrogen) atoms. The highest BCUT2D eigenvalue weighted by molar-refractivity contribution is 5.85. The summed E-state index contributed by atoms with van der Waals surface area (Å²) in [6.45, 7) is 5.21. The number of carbonyl (C=O) groups excluding carboxylic acids is 2. The maximum Gasteiger partial charge on any atom is 0.223 e. The van der Waals surface area contributed by atoms with Crippen molar-refractivity contribution >= 4 is 11.7 Å². The number of nitrogens with zero attached hydrogens (tertiary/aromatic N) is 2. The molecule has 0 aromatic carbocycles. The van der Waals surface area contributed by atoms with Gasteiger partial charge in [-0.05, 0) is 40.3 Å². The van der Waals surface area contributed by atoms with Gasteiger partial charge in [0.15, 0.2) is 0 Å². The van der Waals surface area contributed by atoms with E-state index in [0.29, 0.717) is 12.5 Å². The smallest absolute Gasteiger partial charge is 0.223 e. The van der Waals surface area contributed by atoms with E-state index in [1.54, 1.807) is 6.92 Å². The maximum absolute atomic E-state index is 12.1. The van der Waals surface area contributed by atoms with Gasteiger partial charge in [-0.3, -0.25) is 9.59 Å². The van der Waals surface area contributed by atoms with Crippen LogP contribution in [-0.2, 0) is 9.59 Å². The summed E-state index contributed by atoms with van der Waals surface area (Å²) in [6.07, 6.45) is 3.22. The highest BCUT2D eigenvalue weighted by Crippen LogP contribution is 2.17. The van der Waals surface area contributed by atoms with Crippen molar-refractivity contribution in [1.82, 2.24) is 9.80 Å². The third kappa shape index (κ3) is 4.09. The number of amides is 1. The fourth-order valence-electron chi connectivity index (χ4n) is 2.55. The van der Waals surface area contributed by atoms with Gasteiger partial charge in [0.05, 0.1) is 0 Å². The zero-order valence-corrected chi connectivity index (χ0v) is 12.1. The highest BCUT2D eigenvalue weighted by atomic mass is 16.2. The molecule has 0 unspecified atom stereocenters. The number of carbonyl (C=O) groups is 2. The largest absolute Gasteiger partial charge is 0.343 e. The number of hydrogen-bond acceptors (Lipinski definition) is 3. The second kappa shape index (κ2) is 6.88. The van der Waals surface area contributed by atoms with Crippen molar-refractivity contribution in [3.8, 4) is 0 Å². The molecule has 1 heterocycles. The SMILES string of the molecule is CC[C@@H](CC(=O)N1CCC(N(C)C)CC1)C(C)=O. The lowest BCUT2D eigenvalue weighted by Gasteiger charge is -2.35. The summed E-state index contributed by atoms with van der Waals surface area (Å²) in [5, 5.41) is 0. The van der Waals surface area contributed by atoms with Crippen molar-refractivity contribution in [2.45, 2.75) is 45.6 Å². The van der Waals surface area contributed by atoms with Gasteiger partial charge < -0.3 is 9.80 Å². The predicted molar refractivity (Wildman–Crippen MR) is 72.4 cm³/mol. The van der Waals surface area contributed by atoms with Crippen LogP contribution in [0.5, 0.6) is 0 Å². The van der Waals surface area contributed by atoms with E-state index in [0.717, 1.165) is 32.4 Å². The van der Waals surface area contributed by atoms with Crippen LogP contribution in [0.3, 0.4) is 0 Å². The van der Waals surface area contributed by atoms with E-state index in [1.165, 1.54) is 0 Å². The molecule has 1 aliphatic heterocycles. The van der Waals surface area contributed by atoms with Crippen molar-refractivity contribution in [2.75, 3.05) is 27.2 Å². The van der Waals surface area contributed by atoms with Crippen molar-refractivity contribution in [2.24, 2.45) is 5.92 Å². The van der Waals surface area contributed by atoms with E-state index in [-0.39, 0.29) is 17.6 Å². The average molecular weight is 254 g/mol. The Labute approximate surface area is 110 Å². The Morgan fingerprint density at radius 1 is 1.28 bits per heavy atom. The Bertz CT molecular complexity index is 294. The average Bonchev–Trinajstić information content (AvgIpc) is 2.35. The zero-order chi connectivity index (χ0) is 13.7. The summed E-state index contributed by atoms with van der Waals surface area (Å²) in [4.78, 5) is 27.6. The van der Waals surface area contributed by atoms with Gasteiger partial charge in [0.2, 0.25) is 5.91 Å². The van der Waals surface area contributed by atoms with Crippen LogP contribution in [0.2, 0.25) is 0 Å². The first-order valence-corrected chi connectivity index (χ1v) is 6.90. The molecule has 1 saturated heterocycles. The van der Waals surface area contributed by atoms with Gasteiger partial charge in [0, 0.05) is 31.5 Å². The third-order valence-electron chi connectivity index (χ3n) is 4.04.